The number of nitrogens with one attached hydrogen (secondary N) is 1. The minimum atomic E-state index is -4.39. The summed E-state index contributed by atoms with van der Waals surface area (Å²) in [5, 5.41) is 17.2. The number of hydrogen-bond donors (Lipinski definition) is 2. The van der Waals surface area contributed by atoms with Crippen LogP contribution in [0.3, 0.4) is 0 Å². The van der Waals surface area contributed by atoms with Crippen LogP contribution in [0.15, 0.2) is 48.5 Å². The van der Waals surface area contributed by atoms with Crippen LogP contribution < -0.4 is 5.32 Å². The molecule has 0 bridgehead atoms. The van der Waals surface area contributed by atoms with Crippen molar-refractivity contribution in [3.63, 3.8) is 0 Å². The van der Waals surface area contributed by atoms with Crippen molar-refractivity contribution in [2.45, 2.75) is 26.1 Å². The van der Waals surface area contributed by atoms with Crippen LogP contribution in [0.25, 0.3) is 15.8 Å². The quantitative estimate of drug-likeness (QED) is 0.360. The number of halogens is 3. The summed E-state index contributed by atoms with van der Waals surface area (Å²) in [5.74, 6) is -0.349. The fraction of sp³-hybridized carbons (Fsp3) is 0.280. The van der Waals surface area contributed by atoms with Crippen LogP contribution in [0, 0.1) is 6.92 Å². The highest BCUT2D eigenvalue weighted by Gasteiger charge is 2.30. The van der Waals surface area contributed by atoms with Gasteiger partial charge in [-0.1, -0.05) is 30.3 Å². The van der Waals surface area contributed by atoms with E-state index in [4.69, 9.17) is 9.84 Å². The smallest absolute Gasteiger partial charge is 0.395 e. The monoisotopic (exact) mass is 503 g/mol. The van der Waals surface area contributed by atoms with Gasteiger partial charge in [0, 0.05) is 25.0 Å². The van der Waals surface area contributed by atoms with E-state index in [0.717, 1.165) is 26.7 Å². The van der Waals surface area contributed by atoms with E-state index >= 15 is 0 Å². The molecule has 2 N–H and O–H groups in total. The fourth-order valence-corrected chi connectivity index (χ4v) is 5.20. The molecule has 6 nitrogen and oxygen atoms in total. The number of aryl methyl sites for hydroxylation is 1. The van der Waals surface area contributed by atoms with Crippen LogP contribution in [0.2, 0.25) is 0 Å². The Balaban J connectivity index is 1.75. The van der Waals surface area contributed by atoms with Gasteiger partial charge in [0.2, 0.25) is 0 Å². The summed E-state index contributed by atoms with van der Waals surface area (Å²) in [6.07, 6.45) is -4.03. The highest BCUT2D eigenvalue weighted by molar-refractivity contribution is 7.19. The van der Waals surface area contributed by atoms with E-state index < -0.39 is 11.7 Å². The summed E-state index contributed by atoms with van der Waals surface area (Å²) in [4.78, 5) is 13.6. The Bertz CT molecular complexity index is 1360. The average Bonchev–Trinajstić information content (AvgIpc) is 3.37. The molecule has 2 heterocycles. The maximum Gasteiger partial charge on any atom is 0.416 e. The van der Waals surface area contributed by atoms with Gasteiger partial charge in [-0.25, -0.2) is 4.68 Å². The standard InChI is InChI=1S/C25H24F3N3O3S/c1-15-22(24(33)29-9-10-32)21(14-34-2)31(30-15)20-8-4-6-17-13-19(35-23(17)20)12-16-5-3-7-18(11-16)25(26,27)28/h3-8,11,13,32H,9-10,12,14H2,1-2H3,(H,29,33). The lowest BCUT2D eigenvalue weighted by molar-refractivity contribution is -0.137. The summed E-state index contributed by atoms with van der Waals surface area (Å²) < 4.78 is 47.3. The molecule has 0 unspecified atom stereocenters. The fourth-order valence-electron chi connectivity index (χ4n) is 4.01. The lowest BCUT2D eigenvalue weighted by Gasteiger charge is -2.10. The van der Waals surface area contributed by atoms with Gasteiger partial charge in [-0.3, -0.25) is 4.79 Å². The van der Waals surface area contributed by atoms with E-state index in [9.17, 15) is 18.0 Å². The van der Waals surface area contributed by atoms with E-state index in [1.165, 1.54) is 30.6 Å². The van der Waals surface area contributed by atoms with Crippen LogP contribution in [0.4, 0.5) is 13.2 Å². The number of carbonyl (C=O) groups excluding carboxylic acids is 1. The molecular weight excluding hydrogens is 479 g/mol. The van der Waals surface area contributed by atoms with Gasteiger partial charge in [0.25, 0.3) is 5.91 Å². The summed E-state index contributed by atoms with van der Waals surface area (Å²) in [6.45, 7) is 1.82. The van der Waals surface area contributed by atoms with E-state index in [2.05, 4.69) is 10.4 Å². The molecule has 0 spiro atoms. The van der Waals surface area contributed by atoms with Gasteiger partial charge in [-0.2, -0.15) is 18.3 Å². The molecule has 2 aromatic heterocycles. The van der Waals surface area contributed by atoms with Gasteiger partial charge in [-0.15, -0.1) is 11.3 Å². The van der Waals surface area contributed by atoms with Crippen molar-refractivity contribution in [2.75, 3.05) is 20.3 Å². The minimum Gasteiger partial charge on any atom is -0.395 e. The van der Waals surface area contributed by atoms with Crippen molar-refractivity contribution < 1.29 is 27.8 Å². The topological polar surface area (TPSA) is 76.4 Å². The highest BCUT2D eigenvalue weighted by Crippen LogP contribution is 2.35. The number of aliphatic hydroxyl groups is 1. The second-order valence-corrected chi connectivity index (χ2v) is 9.15. The Kier molecular flexibility index (Phi) is 7.25. The van der Waals surface area contributed by atoms with Gasteiger partial charge in [-0.05, 0) is 36.1 Å². The SMILES string of the molecule is COCc1c(C(=O)NCCO)c(C)nn1-c1cccc2cc(Cc3cccc(C(F)(F)F)c3)sc12. The molecule has 0 fully saturated rings. The number of hydrogen-bond acceptors (Lipinski definition) is 5. The number of amides is 1. The molecule has 0 atom stereocenters. The Hall–Kier alpha value is -3.21. The molecule has 0 radical (unpaired) electrons. The predicted octanol–water partition coefficient (Wildman–Crippen LogP) is 4.87. The summed E-state index contributed by atoms with van der Waals surface area (Å²) >= 11 is 1.47. The number of alkyl halides is 3. The van der Waals surface area contributed by atoms with Crippen LogP contribution >= 0.6 is 11.3 Å². The molecule has 0 aliphatic rings. The lowest BCUT2D eigenvalue weighted by atomic mass is 10.1. The zero-order chi connectivity index (χ0) is 25.2. The maximum atomic E-state index is 13.1. The van der Waals surface area contributed by atoms with Crippen molar-refractivity contribution in [2.24, 2.45) is 0 Å². The first kappa shape index (κ1) is 24.9. The van der Waals surface area contributed by atoms with Crippen LogP contribution in [0.1, 0.15) is 37.7 Å². The molecular formula is C25H24F3N3O3S. The summed E-state index contributed by atoms with van der Waals surface area (Å²) in [5.41, 5.74) is 2.13. The van der Waals surface area contributed by atoms with Crippen LogP contribution in [-0.2, 0) is 23.9 Å². The zero-order valence-corrected chi connectivity index (χ0v) is 20.0. The molecule has 0 aliphatic carbocycles. The molecule has 10 heteroatoms. The van der Waals surface area contributed by atoms with E-state index in [1.54, 1.807) is 17.7 Å². The number of fused-ring (bicyclic) bond motifs is 1. The first-order valence-corrected chi connectivity index (χ1v) is 11.7. The van der Waals surface area contributed by atoms with Gasteiger partial charge < -0.3 is 15.2 Å². The number of thiophene rings is 1. The molecule has 0 aliphatic heterocycles. The van der Waals surface area contributed by atoms with Crippen LogP contribution in [0.5, 0.6) is 0 Å². The molecule has 2 aromatic carbocycles. The average molecular weight is 504 g/mol. The molecule has 35 heavy (non-hydrogen) atoms. The first-order chi connectivity index (χ1) is 16.7. The van der Waals surface area contributed by atoms with Crippen molar-refractivity contribution in [3.8, 4) is 5.69 Å². The number of carbonyl (C=O) groups is 1. The highest BCUT2D eigenvalue weighted by atomic mass is 32.1. The summed E-state index contributed by atoms with van der Waals surface area (Å²) in [6, 6.07) is 13.0. The number of nitrogens with zero attached hydrogens (tertiary/aromatic N) is 2. The Morgan fingerprint density at radius 2 is 1.97 bits per heavy atom. The third kappa shape index (κ3) is 5.24. The Morgan fingerprint density at radius 3 is 2.69 bits per heavy atom. The number of aromatic nitrogens is 2. The Morgan fingerprint density at radius 1 is 1.20 bits per heavy atom. The van der Waals surface area contributed by atoms with Gasteiger partial charge in [0.1, 0.15) is 0 Å². The van der Waals surface area contributed by atoms with Gasteiger partial charge in [0.05, 0.1) is 46.1 Å². The second kappa shape index (κ2) is 10.2. The number of aliphatic hydroxyl groups excluding tert-OH is 1. The largest absolute Gasteiger partial charge is 0.416 e. The third-order valence-corrected chi connectivity index (χ3v) is 6.67. The summed E-state index contributed by atoms with van der Waals surface area (Å²) in [7, 11) is 1.53. The zero-order valence-electron chi connectivity index (χ0n) is 19.1. The second-order valence-electron chi connectivity index (χ2n) is 8.01. The molecule has 0 saturated carbocycles. The number of benzene rings is 2. The van der Waals surface area contributed by atoms with E-state index in [-0.39, 0.29) is 25.7 Å². The number of methoxy groups -OCH3 is 1. The first-order valence-electron chi connectivity index (χ1n) is 10.9. The molecule has 4 aromatic rings. The van der Waals surface area contributed by atoms with E-state index in [1.807, 2.05) is 24.3 Å². The van der Waals surface area contributed by atoms with E-state index in [0.29, 0.717) is 28.9 Å². The molecule has 1 amide bonds. The minimum absolute atomic E-state index is 0.120. The molecule has 4 rings (SSSR count). The van der Waals surface area contributed by atoms with Crippen molar-refractivity contribution >= 4 is 27.3 Å². The maximum absolute atomic E-state index is 13.1. The molecule has 184 valence electrons. The lowest BCUT2D eigenvalue weighted by Crippen LogP contribution is -2.27. The van der Waals surface area contributed by atoms with Crippen LogP contribution in [-0.4, -0.2) is 41.1 Å². The number of rotatable bonds is 8. The number of ether oxygens (including phenoxy) is 1. The third-order valence-electron chi connectivity index (χ3n) is 5.50. The normalized spacial score (nSPS) is 11.8. The van der Waals surface area contributed by atoms with Gasteiger partial charge in [0.15, 0.2) is 0 Å². The Labute approximate surface area is 204 Å². The predicted molar refractivity (Wildman–Crippen MR) is 128 cm³/mol. The van der Waals surface area contributed by atoms with Crippen molar-refractivity contribution in [1.29, 1.82) is 0 Å². The van der Waals surface area contributed by atoms with Crippen molar-refractivity contribution in [1.82, 2.24) is 15.1 Å². The van der Waals surface area contributed by atoms with Gasteiger partial charge >= 0.3 is 6.18 Å². The molecule has 0 saturated heterocycles. The van der Waals surface area contributed by atoms with Crippen molar-refractivity contribution in [3.05, 3.63) is 81.5 Å².